The summed E-state index contributed by atoms with van der Waals surface area (Å²) in [5.41, 5.74) is 0. The second-order valence-electron chi connectivity index (χ2n) is 4.32. The zero-order valence-electron chi connectivity index (χ0n) is 10.1. The third-order valence-corrected chi connectivity index (χ3v) is 2.77. The Morgan fingerprint density at radius 3 is 2.65 bits per heavy atom. The van der Waals surface area contributed by atoms with E-state index in [0.29, 0.717) is 12.5 Å². The molecule has 1 amide bonds. The van der Waals surface area contributed by atoms with E-state index in [4.69, 9.17) is 9.84 Å². The number of carboxylic acid groups (broad SMARTS) is 1. The summed E-state index contributed by atoms with van der Waals surface area (Å²) in [4.78, 5) is 21.6. The second kappa shape index (κ2) is 7.24. The minimum Gasteiger partial charge on any atom is -0.480 e. The molecule has 6 nitrogen and oxygen atoms in total. The highest BCUT2D eigenvalue weighted by atomic mass is 16.5. The number of rotatable bonds is 6. The highest BCUT2D eigenvalue weighted by Gasteiger charge is 2.20. The third-order valence-electron chi connectivity index (χ3n) is 2.77. The van der Waals surface area contributed by atoms with Gasteiger partial charge in [0.1, 0.15) is 0 Å². The molecule has 0 radical (unpaired) electrons. The van der Waals surface area contributed by atoms with Crippen LogP contribution in [0.4, 0.5) is 0 Å². The Labute approximate surface area is 101 Å². The summed E-state index contributed by atoms with van der Waals surface area (Å²) in [7, 11) is 0. The Balaban J connectivity index is 2.21. The van der Waals surface area contributed by atoms with Gasteiger partial charge in [0.15, 0.2) is 6.04 Å². The van der Waals surface area contributed by atoms with Crippen LogP contribution in [0.2, 0.25) is 0 Å². The van der Waals surface area contributed by atoms with Crippen molar-refractivity contribution in [2.24, 2.45) is 5.92 Å². The number of nitrogens with one attached hydrogen (secondary N) is 2. The van der Waals surface area contributed by atoms with E-state index in [1.165, 1.54) is 6.92 Å². The zero-order valence-corrected chi connectivity index (χ0v) is 10.1. The summed E-state index contributed by atoms with van der Waals surface area (Å²) in [6.07, 6.45) is 2.11. The van der Waals surface area contributed by atoms with Gasteiger partial charge >= 0.3 is 5.97 Å². The molecule has 1 aliphatic rings. The van der Waals surface area contributed by atoms with Gasteiger partial charge in [-0.05, 0) is 31.8 Å². The Bertz CT molecular complexity index is 264. The van der Waals surface area contributed by atoms with Crippen LogP contribution in [0.5, 0.6) is 0 Å². The molecule has 1 atom stereocenters. The van der Waals surface area contributed by atoms with Crippen molar-refractivity contribution in [1.82, 2.24) is 10.6 Å². The first-order valence-electron chi connectivity index (χ1n) is 5.88. The van der Waals surface area contributed by atoms with Crippen LogP contribution in [0.15, 0.2) is 0 Å². The van der Waals surface area contributed by atoms with Crippen LogP contribution in [-0.2, 0) is 14.3 Å². The molecule has 0 aromatic heterocycles. The van der Waals surface area contributed by atoms with Gasteiger partial charge < -0.3 is 20.5 Å². The van der Waals surface area contributed by atoms with Crippen LogP contribution in [0.1, 0.15) is 19.8 Å². The number of amides is 1. The van der Waals surface area contributed by atoms with Gasteiger partial charge in [0.25, 0.3) is 0 Å². The summed E-state index contributed by atoms with van der Waals surface area (Å²) in [5.74, 6) is -0.934. The zero-order chi connectivity index (χ0) is 12.7. The van der Waals surface area contributed by atoms with Crippen molar-refractivity contribution in [3.63, 3.8) is 0 Å². The van der Waals surface area contributed by atoms with Crippen LogP contribution in [0.25, 0.3) is 0 Å². The molecule has 17 heavy (non-hydrogen) atoms. The molecule has 1 heterocycles. The molecule has 0 saturated carbocycles. The summed E-state index contributed by atoms with van der Waals surface area (Å²) >= 11 is 0. The molecule has 0 aromatic rings. The molecular formula is C11H20N2O4. The van der Waals surface area contributed by atoms with Crippen LogP contribution in [0.3, 0.4) is 0 Å². The summed E-state index contributed by atoms with van der Waals surface area (Å²) in [6, 6.07) is -0.950. The lowest BCUT2D eigenvalue weighted by Crippen LogP contribution is -2.43. The van der Waals surface area contributed by atoms with E-state index in [9.17, 15) is 9.59 Å². The van der Waals surface area contributed by atoms with Crippen molar-refractivity contribution < 1.29 is 19.4 Å². The van der Waals surface area contributed by atoms with Crippen molar-refractivity contribution in [1.29, 1.82) is 0 Å². The Morgan fingerprint density at radius 1 is 1.47 bits per heavy atom. The number of carbonyl (C=O) groups is 2. The molecule has 0 aliphatic carbocycles. The maximum Gasteiger partial charge on any atom is 0.328 e. The maximum atomic E-state index is 10.8. The van der Waals surface area contributed by atoms with E-state index in [0.717, 1.165) is 25.9 Å². The smallest absolute Gasteiger partial charge is 0.328 e. The average molecular weight is 244 g/mol. The number of hydrogen-bond donors (Lipinski definition) is 3. The first-order chi connectivity index (χ1) is 8.09. The monoisotopic (exact) mass is 244 g/mol. The van der Waals surface area contributed by atoms with E-state index >= 15 is 0 Å². The molecule has 0 bridgehead atoms. The first-order valence-corrected chi connectivity index (χ1v) is 5.88. The van der Waals surface area contributed by atoms with Crippen LogP contribution in [-0.4, -0.2) is 49.3 Å². The van der Waals surface area contributed by atoms with Crippen LogP contribution in [0, 0.1) is 5.92 Å². The fourth-order valence-corrected chi connectivity index (χ4v) is 1.82. The Kier molecular flexibility index (Phi) is 5.93. The SMILES string of the molecule is CC(=O)NC(COCC1CCNCC1)C(=O)O. The number of aliphatic carboxylic acids is 1. The van der Waals surface area contributed by atoms with Crippen molar-refractivity contribution in [2.75, 3.05) is 26.3 Å². The molecule has 1 aliphatic heterocycles. The summed E-state index contributed by atoms with van der Waals surface area (Å²) in [6.45, 7) is 3.86. The third kappa shape index (κ3) is 5.65. The van der Waals surface area contributed by atoms with E-state index in [1.807, 2.05) is 0 Å². The van der Waals surface area contributed by atoms with E-state index < -0.39 is 12.0 Å². The molecule has 1 fully saturated rings. The molecule has 0 aromatic carbocycles. The highest BCUT2D eigenvalue weighted by Crippen LogP contribution is 2.11. The van der Waals surface area contributed by atoms with Gasteiger partial charge in [0.2, 0.25) is 5.91 Å². The van der Waals surface area contributed by atoms with Gasteiger partial charge in [-0.25, -0.2) is 4.79 Å². The van der Waals surface area contributed by atoms with Gasteiger partial charge in [-0.1, -0.05) is 0 Å². The fourth-order valence-electron chi connectivity index (χ4n) is 1.82. The van der Waals surface area contributed by atoms with Gasteiger partial charge in [0, 0.05) is 13.5 Å². The standard InChI is InChI=1S/C11H20N2O4/c1-8(14)13-10(11(15)16)7-17-6-9-2-4-12-5-3-9/h9-10,12H,2-7H2,1H3,(H,13,14)(H,15,16). The van der Waals surface area contributed by atoms with Crippen molar-refractivity contribution in [3.05, 3.63) is 0 Å². The van der Waals surface area contributed by atoms with Gasteiger partial charge in [-0.15, -0.1) is 0 Å². The lowest BCUT2D eigenvalue weighted by molar-refractivity contribution is -0.143. The quantitative estimate of drug-likeness (QED) is 0.591. The number of carboxylic acids is 1. The van der Waals surface area contributed by atoms with E-state index in [2.05, 4.69) is 10.6 Å². The molecule has 3 N–H and O–H groups in total. The van der Waals surface area contributed by atoms with Crippen LogP contribution >= 0.6 is 0 Å². The van der Waals surface area contributed by atoms with Gasteiger partial charge in [0.05, 0.1) is 6.61 Å². The molecule has 98 valence electrons. The first kappa shape index (κ1) is 13.9. The Morgan fingerprint density at radius 2 is 2.12 bits per heavy atom. The predicted molar refractivity (Wildman–Crippen MR) is 61.7 cm³/mol. The normalized spacial score (nSPS) is 18.6. The number of piperidine rings is 1. The number of carbonyl (C=O) groups excluding carboxylic acids is 1. The molecule has 0 spiro atoms. The highest BCUT2D eigenvalue weighted by molar-refractivity contribution is 5.82. The summed E-state index contributed by atoms with van der Waals surface area (Å²) in [5, 5.41) is 14.4. The molecule has 1 rings (SSSR count). The van der Waals surface area contributed by atoms with Gasteiger partial charge in [-0.2, -0.15) is 0 Å². The van der Waals surface area contributed by atoms with Crippen molar-refractivity contribution >= 4 is 11.9 Å². The van der Waals surface area contributed by atoms with E-state index in [-0.39, 0.29) is 12.5 Å². The molecular weight excluding hydrogens is 224 g/mol. The minimum atomic E-state index is -1.06. The lowest BCUT2D eigenvalue weighted by Gasteiger charge is -2.23. The fraction of sp³-hybridized carbons (Fsp3) is 0.818. The number of ether oxygens (including phenoxy) is 1. The average Bonchev–Trinajstić information content (AvgIpc) is 2.28. The number of hydrogen-bond acceptors (Lipinski definition) is 4. The van der Waals surface area contributed by atoms with E-state index in [1.54, 1.807) is 0 Å². The van der Waals surface area contributed by atoms with Crippen LogP contribution < -0.4 is 10.6 Å². The van der Waals surface area contributed by atoms with Crippen molar-refractivity contribution in [2.45, 2.75) is 25.8 Å². The topological polar surface area (TPSA) is 87.7 Å². The summed E-state index contributed by atoms with van der Waals surface area (Å²) < 4.78 is 5.37. The van der Waals surface area contributed by atoms with Gasteiger partial charge in [-0.3, -0.25) is 4.79 Å². The predicted octanol–water partition coefficient (Wildman–Crippen LogP) is -0.408. The minimum absolute atomic E-state index is 0.0266. The Hall–Kier alpha value is -1.14. The largest absolute Gasteiger partial charge is 0.480 e. The van der Waals surface area contributed by atoms with Crippen molar-refractivity contribution in [3.8, 4) is 0 Å². The lowest BCUT2D eigenvalue weighted by atomic mass is 9.99. The molecule has 6 heteroatoms. The second-order valence-corrected chi connectivity index (χ2v) is 4.32. The molecule has 1 saturated heterocycles. The molecule has 1 unspecified atom stereocenters. The maximum absolute atomic E-state index is 10.8.